The van der Waals surface area contributed by atoms with Gasteiger partial charge in [-0.25, -0.2) is 8.42 Å². The first-order valence-electron chi connectivity index (χ1n) is 6.38. The molecule has 0 aliphatic carbocycles. The second-order valence-electron chi connectivity index (χ2n) is 4.48. The molecular formula is C15H14N2O2S. The Morgan fingerprint density at radius 3 is 2.60 bits per heavy atom. The van der Waals surface area contributed by atoms with Crippen LogP contribution in [0.25, 0.3) is 10.9 Å². The molecule has 0 aliphatic rings. The first-order valence-corrected chi connectivity index (χ1v) is 7.86. The first-order chi connectivity index (χ1) is 9.64. The normalized spacial score (nSPS) is 11.8. The molecule has 0 bridgehead atoms. The van der Waals surface area contributed by atoms with Crippen molar-refractivity contribution >= 4 is 20.7 Å². The predicted molar refractivity (Wildman–Crippen MR) is 77.3 cm³/mol. The minimum Gasteiger partial charge on any atom is -0.332 e. The van der Waals surface area contributed by atoms with Crippen molar-refractivity contribution < 1.29 is 8.42 Å². The van der Waals surface area contributed by atoms with Crippen LogP contribution in [0.4, 0.5) is 0 Å². The van der Waals surface area contributed by atoms with E-state index in [-0.39, 0.29) is 0 Å². The van der Waals surface area contributed by atoms with E-state index in [1.165, 1.54) is 0 Å². The van der Waals surface area contributed by atoms with Gasteiger partial charge in [-0.15, -0.1) is 0 Å². The van der Waals surface area contributed by atoms with Crippen molar-refractivity contribution in [2.24, 2.45) is 0 Å². The summed E-state index contributed by atoms with van der Waals surface area (Å²) in [6.45, 7) is 2.53. The van der Waals surface area contributed by atoms with Gasteiger partial charge >= 0.3 is 0 Å². The van der Waals surface area contributed by atoms with Crippen molar-refractivity contribution in [3.63, 3.8) is 0 Å². The summed E-state index contributed by atoms with van der Waals surface area (Å²) in [6, 6.07) is 12.0. The molecule has 20 heavy (non-hydrogen) atoms. The fourth-order valence-corrected chi connectivity index (χ4v) is 3.91. The zero-order valence-corrected chi connectivity index (χ0v) is 11.8. The van der Waals surface area contributed by atoms with E-state index in [2.05, 4.69) is 4.98 Å². The molecule has 0 saturated carbocycles. The Labute approximate surface area is 117 Å². The van der Waals surface area contributed by atoms with E-state index in [1.54, 1.807) is 53.4 Å². The van der Waals surface area contributed by atoms with Gasteiger partial charge in [-0.3, -0.25) is 4.98 Å². The van der Waals surface area contributed by atoms with Crippen LogP contribution in [0.15, 0.2) is 64.8 Å². The van der Waals surface area contributed by atoms with E-state index in [4.69, 9.17) is 0 Å². The lowest BCUT2D eigenvalue weighted by molar-refractivity contribution is 0.581. The lowest BCUT2D eigenvalue weighted by Gasteiger charge is -2.08. The van der Waals surface area contributed by atoms with E-state index < -0.39 is 9.84 Å². The average molecular weight is 286 g/mol. The summed E-state index contributed by atoms with van der Waals surface area (Å²) in [5.74, 6) is 0. The van der Waals surface area contributed by atoms with Crippen LogP contribution in [-0.2, 0) is 16.4 Å². The van der Waals surface area contributed by atoms with E-state index in [0.717, 1.165) is 10.9 Å². The summed E-state index contributed by atoms with van der Waals surface area (Å²) in [5, 5.41) is 1.15. The summed E-state index contributed by atoms with van der Waals surface area (Å²) >= 11 is 0. The van der Waals surface area contributed by atoms with E-state index in [0.29, 0.717) is 16.5 Å². The molecule has 2 heterocycles. The van der Waals surface area contributed by atoms with Crippen LogP contribution < -0.4 is 0 Å². The number of sulfone groups is 1. The van der Waals surface area contributed by atoms with Gasteiger partial charge in [-0.2, -0.15) is 0 Å². The molecule has 0 N–H and O–H groups in total. The summed E-state index contributed by atoms with van der Waals surface area (Å²) in [5.41, 5.74) is 0.886. The van der Waals surface area contributed by atoms with Crippen LogP contribution in [0.1, 0.15) is 6.92 Å². The molecule has 0 amide bonds. The average Bonchev–Trinajstić information content (AvgIpc) is 2.87. The molecule has 0 spiro atoms. The molecule has 3 rings (SSSR count). The molecule has 102 valence electrons. The molecule has 0 atom stereocenters. The van der Waals surface area contributed by atoms with Gasteiger partial charge in [0.05, 0.1) is 10.4 Å². The molecular weight excluding hydrogens is 272 g/mol. The number of pyridine rings is 1. The minimum atomic E-state index is -3.51. The maximum Gasteiger partial charge on any atom is 0.222 e. The van der Waals surface area contributed by atoms with Crippen molar-refractivity contribution in [1.82, 2.24) is 9.55 Å². The fraction of sp³-hybridized carbons (Fsp3) is 0.133. The van der Waals surface area contributed by atoms with Crippen molar-refractivity contribution in [2.75, 3.05) is 0 Å². The molecule has 0 aliphatic heterocycles. The van der Waals surface area contributed by atoms with Crippen molar-refractivity contribution in [2.45, 2.75) is 23.4 Å². The van der Waals surface area contributed by atoms with Crippen molar-refractivity contribution in [1.29, 1.82) is 0 Å². The van der Waals surface area contributed by atoms with Crippen molar-refractivity contribution in [3.05, 3.63) is 54.9 Å². The number of aromatic nitrogens is 2. The standard InChI is InChI=1S/C15H14N2O2S/c1-2-17-14-8-9-16-11-12(14)10-15(17)20(18,19)13-6-4-3-5-7-13/h3-11H,2H2,1H3. The minimum absolute atomic E-state index is 0.311. The molecule has 0 saturated heterocycles. The molecule has 3 aromatic rings. The number of nitrogens with zero attached hydrogens (tertiary/aromatic N) is 2. The van der Waals surface area contributed by atoms with Gasteiger partial charge in [0.15, 0.2) is 0 Å². The highest BCUT2D eigenvalue weighted by Crippen LogP contribution is 2.27. The molecule has 0 radical (unpaired) electrons. The lowest BCUT2D eigenvalue weighted by atomic mass is 10.3. The van der Waals surface area contributed by atoms with E-state index in [1.807, 2.05) is 13.0 Å². The van der Waals surface area contributed by atoms with Gasteiger partial charge in [-0.05, 0) is 31.2 Å². The molecule has 2 aromatic heterocycles. The summed E-state index contributed by atoms with van der Waals surface area (Å²) in [4.78, 5) is 4.36. The van der Waals surface area contributed by atoms with Crippen LogP contribution in [0.3, 0.4) is 0 Å². The highest BCUT2D eigenvalue weighted by molar-refractivity contribution is 7.91. The number of rotatable bonds is 3. The summed E-state index contributed by atoms with van der Waals surface area (Å²) in [6.07, 6.45) is 3.36. The van der Waals surface area contributed by atoms with Crippen LogP contribution in [-0.4, -0.2) is 18.0 Å². The molecule has 0 unspecified atom stereocenters. The maximum atomic E-state index is 12.7. The number of benzene rings is 1. The Kier molecular flexibility index (Phi) is 3.06. The summed E-state index contributed by atoms with van der Waals surface area (Å²) < 4.78 is 27.3. The first kappa shape index (κ1) is 12.9. The number of hydrogen-bond acceptors (Lipinski definition) is 3. The highest BCUT2D eigenvalue weighted by Gasteiger charge is 2.23. The zero-order valence-electron chi connectivity index (χ0n) is 11.0. The Bertz CT molecular complexity index is 852. The molecule has 0 fully saturated rings. The Hall–Kier alpha value is -2.14. The topological polar surface area (TPSA) is 52.0 Å². The number of hydrogen-bond donors (Lipinski definition) is 0. The third-order valence-electron chi connectivity index (χ3n) is 3.31. The molecule has 4 nitrogen and oxygen atoms in total. The fourth-order valence-electron chi connectivity index (χ4n) is 2.36. The van der Waals surface area contributed by atoms with E-state index in [9.17, 15) is 8.42 Å². The third kappa shape index (κ3) is 1.91. The molecule has 1 aromatic carbocycles. The quantitative estimate of drug-likeness (QED) is 0.744. The second kappa shape index (κ2) is 4.76. The smallest absolute Gasteiger partial charge is 0.222 e. The number of aryl methyl sites for hydroxylation is 1. The van der Waals surface area contributed by atoms with Crippen LogP contribution in [0, 0.1) is 0 Å². The SMILES string of the molecule is CCn1c(S(=O)(=O)c2ccccc2)cc2cnccc21. The van der Waals surface area contributed by atoms with Gasteiger partial charge in [-0.1, -0.05) is 18.2 Å². The van der Waals surface area contributed by atoms with Gasteiger partial charge < -0.3 is 4.57 Å². The zero-order chi connectivity index (χ0) is 14.2. The predicted octanol–water partition coefficient (Wildman–Crippen LogP) is 2.89. The monoisotopic (exact) mass is 286 g/mol. The second-order valence-corrected chi connectivity index (χ2v) is 6.37. The maximum absolute atomic E-state index is 12.7. The third-order valence-corrected chi connectivity index (χ3v) is 5.09. The van der Waals surface area contributed by atoms with Gasteiger partial charge in [0.1, 0.15) is 5.03 Å². The van der Waals surface area contributed by atoms with Gasteiger partial charge in [0, 0.05) is 24.3 Å². The Balaban J connectivity index is 2.30. The Morgan fingerprint density at radius 2 is 1.90 bits per heavy atom. The van der Waals surface area contributed by atoms with Crippen LogP contribution >= 0.6 is 0 Å². The number of fused-ring (bicyclic) bond motifs is 1. The van der Waals surface area contributed by atoms with Gasteiger partial charge in [0.2, 0.25) is 9.84 Å². The largest absolute Gasteiger partial charge is 0.332 e. The lowest BCUT2D eigenvalue weighted by Crippen LogP contribution is -2.09. The summed E-state index contributed by atoms with van der Waals surface area (Å²) in [7, 11) is -3.51. The van der Waals surface area contributed by atoms with Crippen LogP contribution in [0.2, 0.25) is 0 Å². The molecule has 5 heteroatoms. The van der Waals surface area contributed by atoms with E-state index >= 15 is 0 Å². The van der Waals surface area contributed by atoms with Crippen molar-refractivity contribution in [3.8, 4) is 0 Å². The van der Waals surface area contributed by atoms with Crippen LogP contribution in [0.5, 0.6) is 0 Å². The highest BCUT2D eigenvalue weighted by atomic mass is 32.2. The van der Waals surface area contributed by atoms with Gasteiger partial charge in [0.25, 0.3) is 0 Å². The Morgan fingerprint density at radius 1 is 1.15 bits per heavy atom.